The summed E-state index contributed by atoms with van der Waals surface area (Å²) >= 11 is 11.0. The fourth-order valence-corrected chi connectivity index (χ4v) is 1.80. The van der Waals surface area contributed by atoms with Gasteiger partial charge in [0.2, 0.25) is 5.91 Å². The first kappa shape index (κ1) is 13.7. The number of benzene rings is 1. The van der Waals surface area contributed by atoms with Crippen molar-refractivity contribution in [2.24, 2.45) is 5.73 Å². The normalized spacial score (nSPS) is 9.82. The second-order valence-electron chi connectivity index (χ2n) is 3.56. The van der Waals surface area contributed by atoms with Gasteiger partial charge in [-0.25, -0.2) is 0 Å². The van der Waals surface area contributed by atoms with E-state index in [0.717, 1.165) is 5.69 Å². The molecule has 1 rings (SSSR count). The molecule has 0 atom stereocenters. The number of nitrogens with one attached hydrogen (secondary N) is 1. The highest BCUT2D eigenvalue weighted by Crippen LogP contribution is 2.25. The number of hydrogen-bond donors (Lipinski definition) is 2. The number of halogens is 1. The molecule has 0 unspecified atom stereocenters. The molecule has 1 aromatic rings. The molecule has 0 aliphatic carbocycles. The van der Waals surface area contributed by atoms with E-state index in [1.807, 2.05) is 0 Å². The SMILES string of the molecule is CNC(=O)CN(C)c1ccc(C(N)=S)cc1Cl. The third kappa shape index (κ3) is 3.57. The first-order valence-electron chi connectivity index (χ1n) is 4.96. The molecule has 0 saturated carbocycles. The minimum Gasteiger partial charge on any atom is -0.389 e. The van der Waals surface area contributed by atoms with Crippen LogP contribution in [-0.4, -0.2) is 31.5 Å². The van der Waals surface area contributed by atoms with E-state index < -0.39 is 0 Å². The van der Waals surface area contributed by atoms with Gasteiger partial charge in [-0.3, -0.25) is 4.79 Å². The lowest BCUT2D eigenvalue weighted by molar-refractivity contribution is -0.119. The standard InChI is InChI=1S/C11H14ClN3OS/c1-14-10(16)6-15(2)9-4-3-7(11(13)17)5-8(9)12/h3-5H,6H2,1-2H3,(H2,13,17)(H,14,16). The maximum Gasteiger partial charge on any atom is 0.239 e. The first-order valence-corrected chi connectivity index (χ1v) is 5.75. The minimum atomic E-state index is -0.0815. The van der Waals surface area contributed by atoms with Crippen LogP contribution in [0.4, 0.5) is 5.69 Å². The van der Waals surface area contributed by atoms with E-state index in [2.05, 4.69) is 5.32 Å². The van der Waals surface area contributed by atoms with Crippen LogP contribution in [0.15, 0.2) is 18.2 Å². The molecule has 0 spiro atoms. The van der Waals surface area contributed by atoms with Gasteiger partial charge < -0.3 is 16.0 Å². The lowest BCUT2D eigenvalue weighted by Gasteiger charge is -2.19. The average molecular weight is 272 g/mol. The summed E-state index contributed by atoms with van der Waals surface area (Å²) in [5.74, 6) is -0.0815. The number of rotatable bonds is 4. The van der Waals surface area contributed by atoms with Crippen LogP contribution in [0.1, 0.15) is 5.56 Å². The molecule has 0 saturated heterocycles. The molecule has 1 aromatic carbocycles. The number of nitrogens with zero attached hydrogens (tertiary/aromatic N) is 1. The topological polar surface area (TPSA) is 58.4 Å². The minimum absolute atomic E-state index is 0.0815. The zero-order chi connectivity index (χ0) is 13.0. The van der Waals surface area contributed by atoms with Crippen molar-refractivity contribution in [2.45, 2.75) is 0 Å². The Balaban J connectivity index is 2.92. The molecule has 6 heteroatoms. The Morgan fingerprint density at radius 3 is 2.71 bits per heavy atom. The average Bonchev–Trinajstić information content (AvgIpc) is 2.28. The third-order valence-electron chi connectivity index (χ3n) is 2.30. The summed E-state index contributed by atoms with van der Waals surface area (Å²) in [4.78, 5) is 13.3. The monoisotopic (exact) mass is 271 g/mol. The Kier molecular flexibility index (Phi) is 4.72. The molecule has 17 heavy (non-hydrogen) atoms. The van der Waals surface area contributed by atoms with E-state index in [1.54, 1.807) is 37.2 Å². The Morgan fingerprint density at radius 2 is 2.24 bits per heavy atom. The molecule has 0 fully saturated rings. The van der Waals surface area contributed by atoms with E-state index in [0.29, 0.717) is 15.6 Å². The Morgan fingerprint density at radius 1 is 1.59 bits per heavy atom. The molecule has 0 radical (unpaired) electrons. The molecule has 0 aliphatic heterocycles. The van der Waals surface area contributed by atoms with Crippen molar-refractivity contribution in [1.29, 1.82) is 0 Å². The predicted molar refractivity (Wildman–Crippen MR) is 74.7 cm³/mol. The highest BCUT2D eigenvalue weighted by Gasteiger charge is 2.10. The fraction of sp³-hybridized carbons (Fsp3) is 0.273. The van der Waals surface area contributed by atoms with E-state index in [9.17, 15) is 4.79 Å². The lowest BCUT2D eigenvalue weighted by Crippen LogP contribution is -2.33. The zero-order valence-corrected chi connectivity index (χ0v) is 11.2. The number of carbonyl (C=O) groups is 1. The summed E-state index contributed by atoms with van der Waals surface area (Å²) in [6, 6.07) is 5.27. The molecule has 4 nitrogen and oxygen atoms in total. The summed E-state index contributed by atoms with van der Waals surface area (Å²) in [6.07, 6.45) is 0. The van der Waals surface area contributed by atoms with Gasteiger partial charge in [0.15, 0.2) is 0 Å². The highest BCUT2D eigenvalue weighted by molar-refractivity contribution is 7.80. The summed E-state index contributed by atoms with van der Waals surface area (Å²) in [6.45, 7) is 0.239. The van der Waals surface area contributed by atoms with Crippen molar-refractivity contribution in [1.82, 2.24) is 5.32 Å². The van der Waals surface area contributed by atoms with Crippen molar-refractivity contribution in [2.75, 3.05) is 25.5 Å². The van der Waals surface area contributed by atoms with Crippen LogP contribution < -0.4 is 16.0 Å². The van der Waals surface area contributed by atoms with Crippen molar-refractivity contribution >= 4 is 40.4 Å². The molecular formula is C11H14ClN3OS. The predicted octanol–water partition coefficient (Wildman–Crippen LogP) is 1.16. The molecule has 1 amide bonds. The molecular weight excluding hydrogens is 258 g/mol. The smallest absolute Gasteiger partial charge is 0.239 e. The van der Waals surface area contributed by atoms with Crippen LogP contribution in [0.3, 0.4) is 0 Å². The quantitative estimate of drug-likeness (QED) is 0.807. The van der Waals surface area contributed by atoms with Gasteiger partial charge in [0.25, 0.3) is 0 Å². The summed E-state index contributed by atoms with van der Waals surface area (Å²) < 4.78 is 0. The summed E-state index contributed by atoms with van der Waals surface area (Å²) in [5.41, 5.74) is 6.98. The van der Waals surface area contributed by atoms with Gasteiger partial charge in [0.1, 0.15) is 4.99 Å². The maximum absolute atomic E-state index is 11.2. The first-order chi connectivity index (χ1) is 7.95. The summed E-state index contributed by atoms with van der Waals surface area (Å²) in [5, 5.41) is 3.07. The largest absolute Gasteiger partial charge is 0.389 e. The number of nitrogens with two attached hydrogens (primary N) is 1. The van der Waals surface area contributed by atoms with Gasteiger partial charge >= 0.3 is 0 Å². The van der Waals surface area contributed by atoms with Crippen LogP contribution in [0.5, 0.6) is 0 Å². The van der Waals surface area contributed by atoms with Crippen molar-refractivity contribution in [3.05, 3.63) is 28.8 Å². The van der Waals surface area contributed by atoms with Gasteiger partial charge in [-0.15, -0.1) is 0 Å². The number of anilines is 1. The van der Waals surface area contributed by atoms with Crippen molar-refractivity contribution < 1.29 is 4.79 Å². The number of likely N-dealkylation sites (N-methyl/N-ethyl adjacent to an activating group) is 2. The fourth-order valence-electron chi connectivity index (χ4n) is 1.35. The van der Waals surface area contributed by atoms with Crippen molar-refractivity contribution in [3.63, 3.8) is 0 Å². The van der Waals surface area contributed by atoms with Crippen molar-refractivity contribution in [3.8, 4) is 0 Å². The number of thiocarbonyl (C=S) groups is 1. The van der Waals surface area contributed by atoms with Crippen LogP contribution in [0.2, 0.25) is 5.02 Å². The number of carbonyl (C=O) groups excluding carboxylic acids is 1. The molecule has 0 heterocycles. The van der Waals surface area contributed by atoms with E-state index >= 15 is 0 Å². The molecule has 92 valence electrons. The van der Waals surface area contributed by atoms with Crippen LogP contribution in [0, 0.1) is 0 Å². The summed E-state index contributed by atoms with van der Waals surface area (Å²) in [7, 11) is 3.38. The number of hydrogen-bond acceptors (Lipinski definition) is 3. The van der Waals surface area contributed by atoms with E-state index in [1.165, 1.54) is 0 Å². The molecule has 0 bridgehead atoms. The number of amides is 1. The van der Waals surface area contributed by atoms with Gasteiger partial charge in [-0.2, -0.15) is 0 Å². The highest BCUT2D eigenvalue weighted by atomic mass is 35.5. The molecule has 3 N–H and O–H groups in total. The second kappa shape index (κ2) is 5.84. The molecule has 0 aliphatic rings. The van der Waals surface area contributed by atoms with Gasteiger partial charge in [-0.05, 0) is 18.2 Å². The van der Waals surface area contributed by atoms with E-state index in [-0.39, 0.29) is 12.5 Å². The zero-order valence-electron chi connectivity index (χ0n) is 9.66. The molecule has 0 aromatic heterocycles. The Hall–Kier alpha value is -1.33. The second-order valence-corrected chi connectivity index (χ2v) is 4.41. The van der Waals surface area contributed by atoms with Gasteiger partial charge in [0.05, 0.1) is 17.3 Å². The maximum atomic E-state index is 11.2. The lowest BCUT2D eigenvalue weighted by atomic mass is 10.2. The van der Waals surface area contributed by atoms with E-state index in [4.69, 9.17) is 29.6 Å². The van der Waals surface area contributed by atoms with Crippen LogP contribution in [0.25, 0.3) is 0 Å². The Labute approximate surface area is 111 Å². The van der Waals surface area contributed by atoms with Gasteiger partial charge in [-0.1, -0.05) is 23.8 Å². The van der Waals surface area contributed by atoms with Crippen LogP contribution >= 0.6 is 23.8 Å². The van der Waals surface area contributed by atoms with Gasteiger partial charge in [0, 0.05) is 19.7 Å². The van der Waals surface area contributed by atoms with Crippen LogP contribution in [-0.2, 0) is 4.79 Å². The Bertz CT molecular complexity index is 450. The third-order valence-corrected chi connectivity index (χ3v) is 2.84.